The first-order valence-corrected chi connectivity index (χ1v) is 11.9. The molecule has 3 nitrogen and oxygen atoms in total. The summed E-state index contributed by atoms with van der Waals surface area (Å²) in [6.07, 6.45) is 3.55. The molecule has 5 rings (SSSR count). The number of phenols is 1. The molecule has 2 N–H and O–H groups in total. The van der Waals surface area contributed by atoms with Gasteiger partial charge in [-0.15, -0.1) is 0 Å². The van der Waals surface area contributed by atoms with Crippen LogP contribution < -0.4 is 0 Å². The maximum Gasteiger partial charge on any atom is 0.115 e. The smallest absolute Gasteiger partial charge is 0.115 e. The second kappa shape index (κ2) is 9.78. The number of hydrogen-bond donors (Lipinski definition) is 2. The Hall–Kier alpha value is -3.14. The third kappa shape index (κ3) is 5.11. The number of aromatic hydroxyl groups is 1. The van der Waals surface area contributed by atoms with E-state index in [4.69, 9.17) is 0 Å². The predicted octanol–water partition coefficient (Wildman–Crippen LogP) is 6.03. The fraction of sp³-hybridized carbons (Fsp3) is 0.267. The first-order chi connectivity index (χ1) is 16.2. The van der Waals surface area contributed by atoms with Crippen molar-refractivity contribution < 1.29 is 10.2 Å². The van der Waals surface area contributed by atoms with Gasteiger partial charge in [-0.2, -0.15) is 0 Å². The summed E-state index contributed by atoms with van der Waals surface area (Å²) < 4.78 is 0. The quantitative estimate of drug-likeness (QED) is 0.362. The summed E-state index contributed by atoms with van der Waals surface area (Å²) in [5.41, 5.74) is 4.78. The number of aliphatic hydroxyl groups is 1. The molecule has 2 atom stereocenters. The Morgan fingerprint density at radius 1 is 0.818 bits per heavy atom. The highest BCUT2D eigenvalue weighted by Crippen LogP contribution is 2.29. The average Bonchev–Trinajstić information content (AvgIpc) is 3.06. The summed E-state index contributed by atoms with van der Waals surface area (Å²) in [6.45, 7) is 1.37. The lowest BCUT2D eigenvalue weighted by molar-refractivity contribution is 0.0779. The first kappa shape index (κ1) is 21.7. The van der Waals surface area contributed by atoms with Crippen LogP contribution in [0.3, 0.4) is 0 Å². The molecule has 0 aliphatic heterocycles. The van der Waals surface area contributed by atoms with Crippen LogP contribution in [0.5, 0.6) is 5.75 Å². The number of aliphatic hydroxyl groups excluding tert-OH is 1. The van der Waals surface area contributed by atoms with Gasteiger partial charge in [0, 0.05) is 19.1 Å². The van der Waals surface area contributed by atoms with Gasteiger partial charge in [-0.05, 0) is 76.9 Å². The molecule has 33 heavy (non-hydrogen) atoms. The second-order valence-corrected chi connectivity index (χ2v) is 9.24. The Kier molecular flexibility index (Phi) is 6.43. The van der Waals surface area contributed by atoms with Gasteiger partial charge in [-0.3, -0.25) is 4.90 Å². The topological polar surface area (TPSA) is 43.7 Å². The summed E-state index contributed by atoms with van der Waals surface area (Å²) in [5, 5.41) is 23.7. The number of phenolic OH excluding ortho intramolecular Hbond substituents is 1. The fourth-order valence-corrected chi connectivity index (χ4v) is 5.15. The summed E-state index contributed by atoms with van der Waals surface area (Å²) in [5.74, 6) is 0.334. The van der Waals surface area contributed by atoms with Gasteiger partial charge in [0.25, 0.3) is 0 Å². The highest BCUT2D eigenvalue weighted by molar-refractivity contribution is 5.83. The van der Waals surface area contributed by atoms with Crippen LogP contribution in [0, 0.1) is 0 Å². The van der Waals surface area contributed by atoms with Crippen molar-refractivity contribution in [2.24, 2.45) is 0 Å². The molecular weight excluding hydrogens is 406 g/mol. The largest absolute Gasteiger partial charge is 0.508 e. The van der Waals surface area contributed by atoms with Crippen molar-refractivity contribution in [3.8, 4) is 5.75 Å². The standard InChI is InChI=1S/C30H31NO2/c32-29-16-15-24-11-6-12-28(18-27(24)19-29)31(20-22-7-2-1-3-8-22)21-30(33)26-14-13-23-9-4-5-10-25(23)17-26/h1-5,7-10,13-17,19,28,30,32-33H,6,11-12,18,20-21H2/t28?,30-/m1/s1. The summed E-state index contributed by atoms with van der Waals surface area (Å²) in [6, 6.07) is 31.2. The molecular formula is C30H31NO2. The molecule has 0 amide bonds. The molecule has 0 fully saturated rings. The molecule has 1 aliphatic rings. The van der Waals surface area contributed by atoms with Crippen LogP contribution in [0.25, 0.3) is 10.8 Å². The number of hydrogen-bond acceptors (Lipinski definition) is 3. The van der Waals surface area contributed by atoms with Crippen molar-refractivity contribution in [3.63, 3.8) is 0 Å². The molecule has 0 bridgehead atoms. The zero-order valence-corrected chi connectivity index (χ0v) is 18.9. The van der Waals surface area contributed by atoms with Gasteiger partial charge in [-0.1, -0.05) is 72.8 Å². The number of fused-ring (bicyclic) bond motifs is 2. The molecule has 0 radical (unpaired) electrons. The van der Waals surface area contributed by atoms with Crippen molar-refractivity contribution in [2.45, 2.75) is 44.4 Å². The minimum absolute atomic E-state index is 0.309. The van der Waals surface area contributed by atoms with Crippen LogP contribution in [0.4, 0.5) is 0 Å². The van der Waals surface area contributed by atoms with Gasteiger partial charge in [0.05, 0.1) is 6.10 Å². The van der Waals surface area contributed by atoms with Crippen molar-refractivity contribution in [1.82, 2.24) is 4.90 Å². The van der Waals surface area contributed by atoms with E-state index >= 15 is 0 Å². The minimum Gasteiger partial charge on any atom is -0.508 e. The zero-order chi connectivity index (χ0) is 22.6. The van der Waals surface area contributed by atoms with E-state index in [1.54, 1.807) is 6.07 Å². The third-order valence-corrected chi connectivity index (χ3v) is 6.94. The Morgan fingerprint density at radius 3 is 2.45 bits per heavy atom. The van der Waals surface area contributed by atoms with Crippen molar-refractivity contribution in [3.05, 3.63) is 113 Å². The van der Waals surface area contributed by atoms with Crippen molar-refractivity contribution in [1.29, 1.82) is 0 Å². The number of rotatable bonds is 6. The number of nitrogens with zero attached hydrogens (tertiary/aromatic N) is 1. The molecule has 168 valence electrons. The molecule has 0 spiro atoms. The molecule has 1 unspecified atom stereocenters. The predicted molar refractivity (Wildman–Crippen MR) is 134 cm³/mol. The van der Waals surface area contributed by atoms with E-state index in [2.05, 4.69) is 59.5 Å². The molecule has 4 aromatic carbocycles. The van der Waals surface area contributed by atoms with Crippen LogP contribution in [0.15, 0.2) is 91.0 Å². The highest BCUT2D eigenvalue weighted by atomic mass is 16.3. The second-order valence-electron chi connectivity index (χ2n) is 9.24. The molecule has 3 heteroatoms. The maximum absolute atomic E-state index is 11.3. The monoisotopic (exact) mass is 437 g/mol. The Balaban J connectivity index is 1.42. The highest BCUT2D eigenvalue weighted by Gasteiger charge is 2.25. The number of benzene rings is 4. The van der Waals surface area contributed by atoms with E-state index < -0.39 is 6.10 Å². The molecule has 0 saturated carbocycles. The zero-order valence-electron chi connectivity index (χ0n) is 18.9. The van der Waals surface area contributed by atoms with Gasteiger partial charge in [0.15, 0.2) is 0 Å². The average molecular weight is 438 g/mol. The SMILES string of the molecule is Oc1ccc2c(c1)CC(N(Cc1ccccc1)C[C@@H](O)c1ccc3ccccc3c1)CCC2. The van der Waals surface area contributed by atoms with Crippen LogP contribution in [0.1, 0.15) is 41.2 Å². The van der Waals surface area contributed by atoms with E-state index in [0.29, 0.717) is 18.3 Å². The lowest BCUT2D eigenvalue weighted by atomic mass is 9.98. The molecule has 0 aromatic heterocycles. The van der Waals surface area contributed by atoms with Gasteiger partial charge < -0.3 is 10.2 Å². The van der Waals surface area contributed by atoms with E-state index in [9.17, 15) is 10.2 Å². The molecule has 4 aromatic rings. The van der Waals surface area contributed by atoms with E-state index in [0.717, 1.165) is 43.2 Å². The summed E-state index contributed by atoms with van der Waals surface area (Å²) in [7, 11) is 0. The van der Waals surface area contributed by atoms with Crippen LogP contribution >= 0.6 is 0 Å². The van der Waals surface area contributed by atoms with Crippen LogP contribution in [-0.2, 0) is 19.4 Å². The lowest BCUT2D eigenvalue weighted by Gasteiger charge is -2.33. The van der Waals surface area contributed by atoms with E-state index in [-0.39, 0.29) is 0 Å². The molecule has 0 heterocycles. The Bertz CT molecular complexity index is 1220. The van der Waals surface area contributed by atoms with E-state index in [1.807, 2.05) is 30.3 Å². The minimum atomic E-state index is -0.565. The van der Waals surface area contributed by atoms with Gasteiger partial charge in [-0.25, -0.2) is 0 Å². The van der Waals surface area contributed by atoms with Gasteiger partial charge in [0.1, 0.15) is 5.75 Å². The number of aryl methyl sites for hydroxylation is 1. The lowest BCUT2D eigenvalue weighted by Crippen LogP contribution is -2.39. The Morgan fingerprint density at radius 2 is 1.61 bits per heavy atom. The fourth-order valence-electron chi connectivity index (χ4n) is 5.15. The van der Waals surface area contributed by atoms with Crippen LogP contribution in [0.2, 0.25) is 0 Å². The molecule has 1 aliphatic carbocycles. The first-order valence-electron chi connectivity index (χ1n) is 11.9. The molecule has 0 saturated heterocycles. The van der Waals surface area contributed by atoms with Crippen molar-refractivity contribution >= 4 is 10.8 Å². The Labute approximate surface area is 195 Å². The van der Waals surface area contributed by atoms with Gasteiger partial charge >= 0.3 is 0 Å². The normalized spacial score (nSPS) is 17.0. The van der Waals surface area contributed by atoms with Crippen LogP contribution in [-0.4, -0.2) is 27.7 Å². The van der Waals surface area contributed by atoms with Crippen molar-refractivity contribution in [2.75, 3.05) is 6.54 Å². The third-order valence-electron chi connectivity index (χ3n) is 6.94. The van der Waals surface area contributed by atoms with E-state index in [1.165, 1.54) is 22.1 Å². The van der Waals surface area contributed by atoms with Gasteiger partial charge in [0.2, 0.25) is 0 Å². The summed E-state index contributed by atoms with van der Waals surface area (Å²) in [4.78, 5) is 2.44. The summed E-state index contributed by atoms with van der Waals surface area (Å²) >= 11 is 0. The maximum atomic E-state index is 11.3.